The number of pyridine rings is 1. The van der Waals surface area contributed by atoms with Crippen LogP contribution in [-0.4, -0.2) is 17.7 Å². The van der Waals surface area contributed by atoms with Gasteiger partial charge in [-0.15, -0.1) is 0 Å². The van der Waals surface area contributed by atoms with Crippen LogP contribution in [0.3, 0.4) is 0 Å². The monoisotopic (exact) mass is 383 g/mol. The normalized spacial score (nSPS) is 13.2. The summed E-state index contributed by atoms with van der Waals surface area (Å²) >= 11 is 0. The summed E-state index contributed by atoms with van der Waals surface area (Å²) in [5, 5.41) is 1.96. The first-order valence-corrected chi connectivity index (χ1v) is 9.29. The minimum Gasteiger partial charge on any atom is -0.454 e. The summed E-state index contributed by atoms with van der Waals surface area (Å²) < 4.78 is 16.9. The molecule has 142 valence electrons. The van der Waals surface area contributed by atoms with Crippen molar-refractivity contribution in [1.29, 1.82) is 0 Å². The zero-order valence-corrected chi connectivity index (χ0v) is 15.4. The van der Waals surface area contributed by atoms with Crippen LogP contribution in [0.25, 0.3) is 10.8 Å². The Bertz CT molecular complexity index is 1180. The minimum atomic E-state index is -0.691. The smallest absolute Gasteiger partial charge is 0.339 e. The van der Waals surface area contributed by atoms with Gasteiger partial charge in [0.05, 0.1) is 11.3 Å². The van der Waals surface area contributed by atoms with Crippen LogP contribution in [0, 0.1) is 0 Å². The van der Waals surface area contributed by atoms with Crippen molar-refractivity contribution >= 4 is 16.7 Å². The Hall–Kier alpha value is -3.86. The van der Waals surface area contributed by atoms with Gasteiger partial charge in [-0.25, -0.2) is 4.79 Å². The molecule has 1 atom stereocenters. The molecule has 0 amide bonds. The number of carbonyl (C=O) groups is 1. The molecule has 4 aromatic rings. The number of carbonyl (C=O) groups excluding carboxylic acids is 1. The first-order chi connectivity index (χ1) is 14.3. The van der Waals surface area contributed by atoms with Crippen molar-refractivity contribution in [1.82, 2.24) is 4.98 Å². The summed E-state index contributed by atoms with van der Waals surface area (Å²) in [7, 11) is 0. The first-order valence-electron chi connectivity index (χ1n) is 9.29. The highest BCUT2D eigenvalue weighted by Crippen LogP contribution is 2.38. The Morgan fingerprint density at radius 3 is 2.59 bits per heavy atom. The Labute approximate surface area is 167 Å². The second kappa shape index (κ2) is 7.28. The van der Waals surface area contributed by atoms with Crippen LogP contribution in [-0.2, 0) is 4.74 Å². The molecule has 29 heavy (non-hydrogen) atoms. The number of hydrogen-bond acceptors (Lipinski definition) is 5. The molecule has 0 aliphatic carbocycles. The predicted molar refractivity (Wildman–Crippen MR) is 108 cm³/mol. The van der Waals surface area contributed by atoms with E-state index in [1.54, 1.807) is 18.3 Å². The van der Waals surface area contributed by atoms with Crippen molar-refractivity contribution in [2.75, 3.05) is 6.79 Å². The highest BCUT2D eigenvalue weighted by atomic mass is 16.7. The summed E-state index contributed by atoms with van der Waals surface area (Å²) in [5.41, 5.74) is 1.92. The van der Waals surface area contributed by atoms with E-state index in [9.17, 15) is 4.79 Å². The molecule has 0 saturated carbocycles. The van der Waals surface area contributed by atoms with Gasteiger partial charge in [0.1, 0.15) is 0 Å². The van der Waals surface area contributed by atoms with Gasteiger partial charge >= 0.3 is 5.97 Å². The van der Waals surface area contributed by atoms with Crippen LogP contribution >= 0.6 is 0 Å². The highest BCUT2D eigenvalue weighted by molar-refractivity contribution is 5.90. The van der Waals surface area contributed by atoms with Crippen molar-refractivity contribution in [3.8, 4) is 11.5 Å². The lowest BCUT2D eigenvalue weighted by molar-refractivity contribution is 0.0373. The van der Waals surface area contributed by atoms with Gasteiger partial charge in [-0.2, -0.15) is 0 Å². The van der Waals surface area contributed by atoms with E-state index >= 15 is 0 Å². The summed E-state index contributed by atoms with van der Waals surface area (Å²) in [4.78, 5) is 17.4. The van der Waals surface area contributed by atoms with Gasteiger partial charge < -0.3 is 14.2 Å². The van der Waals surface area contributed by atoms with Crippen LogP contribution < -0.4 is 9.47 Å². The maximum absolute atomic E-state index is 12.9. The number of benzene rings is 3. The van der Waals surface area contributed by atoms with E-state index in [1.807, 2.05) is 66.7 Å². The van der Waals surface area contributed by atoms with Crippen molar-refractivity contribution in [2.45, 2.75) is 6.10 Å². The zero-order chi connectivity index (χ0) is 19.6. The van der Waals surface area contributed by atoms with E-state index in [1.165, 1.54) is 0 Å². The third-order valence-corrected chi connectivity index (χ3v) is 4.89. The summed E-state index contributed by atoms with van der Waals surface area (Å²) in [6.45, 7) is 0.180. The Morgan fingerprint density at radius 1 is 0.897 bits per heavy atom. The zero-order valence-electron chi connectivity index (χ0n) is 15.4. The van der Waals surface area contributed by atoms with Crippen LogP contribution in [0.4, 0.5) is 0 Å². The molecular weight excluding hydrogens is 366 g/mol. The van der Waals surface area contributed by atoms with E-state index in [0.29, 0.717) is 22.8 Å². The lowest BCUT2D eigenvalue weighted by Crippen LogP contribution is -2.14. The maximum Gasteiger partial charge on any atom is 0.339 e. The number of hydrogen-bond donors (Lipinski definition) is 0. The number of rotatable bonds is 4. The predicted octanol–water partition coefficient (Wildman–Crippen LogP) is 4.91. The molecule has 0 radical (unpaired) electrons. The average molecular weight is 383 g/mol. The van der Waals surface area contributed by atoms with Crippen molar-refractivity contribution in [2.24, 2.45) is 0 Å². The van der Waals surface area contributed by atoms with Gasteiger partial charge in [0.15, 0.2) is 17.6 Å². The molecule has 1 aliphatic heterocycles. The van der Waals surface area contributed by atoms with Crippen molar-refractivity contribution in [3.05, 3.63) is 102 Å². The topological polar surface area (TPSA) is 57.7 Å². The summed E-state index contributed by atoms with van der Waals surface area (Å²) in [5.74, 6) is 0.888. The SMILES string of the molecule is O=C(O[C@@H](c1ccc2c(c1)OCO2)c1nccc2ccccc12)c1ccccc1. The molecule has 5 rings (SSSR count). The van der Waals surface area contributed by atoms with Gasteiger partial charge in [-0.3, -0.25) is 4.98 Å². The van der Waals surface area contributed by atoms with Crippen molar-refractivity contribution in [3.63, 3.8) is 0 Å². The molecule has 0 spiro atoms. The molecule has 1 aliphatic rings. The fraction of sp³-hybridized carbons (Fsp3) is 0.0833. The third kappa shape index (κ3) is 3.27. The summed E-state index contributed by atoms with van der Waals surface area (Å²) in [6.07, 6.45) is 1.04. The van der Waals surface area contributed by atoms with Gasteiger partial charge in [0, 0.05) is 17.1 Å². The van der Waals surface area contributed by atoms with Crippen molar-refractivity contribution < 1.29 is 19.0 Å². The standard InChI is InChI=1S/C24H17NO4/c26-24(17-7-2-1-3-8-17)29-23(18-10-11-20-21(14-18)28-15-27-20)22-19-9-5-4-6-16(19)12-13-25-22/h1-14,23H,15H2/t23-/m0/s1. The Balaban J connectivity index is 1.62. The van der Waals surface area contributed by atoms with Crippen LogP contribution in [0.2, 0.25) is 0 Å². The quantitative estimate of drug-likeness (QED) is 0.469. The fourth-order valence-corrected chi connectivity index (χ4v) is 3.46. The minimum absolute atomic E-state index is 0.180. The van der Waals surface area contributed by atoms with Gasteiger partial charge in [0.2, 0.25) is 6.79 Å². The molecule has 3 aromatic carbocycles. The molecule has 2 heterocycles. The number of esters is 1. The van der Waals surface area contributed by atoms with Gasteiger partial charge in [-0.05, 0) is 35.7 Å². The number of aromatic nitrogens is 1. The maximum atomic E-state index is 12.9. The number of nitrogens with zero attached hydrogens (tertiary/aromatic N) is 1. The molecule has 0 fully saturated rings. The van der Waals surface area contributed by atoms with E-state index < -0.39 is 12.1 Å². The molecule has 5 heteroatoms. The molecule has 5 nitrogen and oxygen atoms in total. The lowest BCUT2D eigenvalue weighted by Gasteiger charge is -2.20. The van der Waals surface area contributed by atoms with Crippen LogP contribution in [0.1, 0.15) is 27.7 Å². The molecular formula is C24H17NO4. The Morgan fingerprint density at radius 2 is 1.69 bits per heavy atom. The molecule has 0 unspecified atom stereocenters. The van der Waals surface area contributed by atoms with E-state index in [-0.39, 0.29) is 6.79 Å². The van der Waals surface area contributed by atoms with Gasteiger partial charge in [0.25, 0.3) is 0 Å². The molecule has 0 bridgehead atoms. The van der Waals surface area contributed by atoms with E-state index in [4.69, 9.17) is 14.2 Å². The molecule has 0 saturated heterocycles. The third-order valence-electron chi connectivity index (χ3n) is 4.89. The van der Waals surface area contributed by atoms with E-state index in [2.05, 4.69) is 4.98 Å². The molecule has 0 N–H and O–H groups in total. The average Bonchev–Trinajstić information content (AvgIpc) is 3.25. The first kappa shape index (κ1) is 17.3. The van der Waals surface area contributed by atoms with E-state index in [0.717, 1.165) is 16.3 Å². The van der Waals surface area contributed by atoms with Gasteiger partial charge in [-0.1, -0.05) is 48.5 Å². The van der Waals surface area contributed by atoms with Crippen LogP contribution in [0.5, 0.6) is 11.5 Å². The largest absolute Gasteiger partial charge is 0.454 e. The Kier molecular flexibility index (Phi) is 4.33. The fourth-order valence-electron chi connectivity index (χ4n) is 3.46. The second-order valence-electron chi connectivity index (χ2n) is 6.68. The second-order valence-corrected chi connectivity index (χ2v) is 6.68. The lowest BCUT2D eigenvalue weighted by atomic mass is 10.00. The number of ether oxygens (including phenoxy) is 3. The molecule has 1 aromatic heterocycles. The van der Waals surface area contributed by atoms with Crippen LogP contribution in [0.15, 0.2) is 85.1 Å². The highest BCUT2D eigenvalue weighted by Gasteiger charge is 2.26. The summed E-state index contributed by atoms with van der Waals surface area (Å²) in [6, 6.07) is 24.3. The number of fused-ring (bicyclic) bond motifs is 2.